The number of aromatic nitrogens is 1. The zero-order valence-electron chi connectivity index (χ0n) is 20.7. The Morgan fingerprint density at radius 2 is 1.73 bits per heavy atom. The van der Waals surface area contributed by atoms with E-state index in [1.54, 1.807) is 30.0 Å². The number of rotatable bonds is 7. The summed E-state index contributed by atoms with van der Waals surface area (Å²) >= 11 is 0. The molecule has 3 aromatic rings. The lowest BCUT2D eigenvalue weighted by Gasteiger charge is -2.42. The fraction of sp³-hybridized carbons (Fsp3) is 0.370. The lowest BCUT2D eigenvalue weighted by molar-refractivity contribution is -0.137. The van der Waals surface area contributed by atoms with Gasteiger partial charge in [0.1, 0.15) is 5.82 Å². The molecule has 196 valence electrons. The summed E-state index contributed by atoms with van der Waals surface area (Å²) in [6.07, 6.45) is 1.28. The van der Waals surface area contributed by atoms with Gasteiger partial charge in [0.2, 0.25) is 6.41 Å². The van der Waals surface area contributed by atoms with Gasteiger partial charge in [0.05, 0.1) is 11.1 Å². The number of halogens is 3. The highest BCUT2D eigenvalue weighted by Gasteiger charge is 2.34. The van der Waals surface area contributed by atoms with E-state index in [0.29, 0.717) is 23.1 Å². The van der Waals surface area contributed by atoms with Crippen molar-refractivity contribution in [1.82, 2.24) is 10.3 Å². The third-order valence-electron chi connectivity index (χ3n) is 6.96. The van der Waals surface area contributed by atoms with E-state index in [1.165, 1.54) is 0 Å². The lowest BCUT2D eigenvalue weighted by Crippen LogP contribution is -2.47. The number of H-pyrrole nitrogens is 1. The zero-order valence-corrected chi connectivity index (χ0v) is 20.7. The number of amides is 3. The van der Waals surface area contributed by atoms with Gasteiger partial charge >= 0.3 is 6.18 Å². The number of fused-ring (bicyclic) bond motifs is 1. The molecule has 37 heavy (non-hydrogen) atoms. The van der Waals surface area contributed by atoms with Crippen LogP contribution in [0.4, 0.5) is 24.7 Å². The Kier molecular flexibility index (Phi) is 7.29. The van der Waals surface area contributed by atoms with Crippen LogP contribution in [0.1, 0.15) is 72.2 Å². The van der Waals surface area contributed by atoms with Crippen molar-refractivity contribution in [2.75, 3.05) is 16.8 Å². The molecule has 1 aromatic heterocycles. The Bertz CT molecular complexity index is 1310. The molecule has 1 saturated carbocycles. The van der Waals surface area contributed by atoms with Crippen LogP contribution >= 0.6 is 0 Å². The third-order valence-corrected chi connectivity index (χ3v) is 6.96. The first-order valence-electron chi connectivity index (χ1n) is 12.2. The maximum absolute atomic E-state index is 12.9. The van der Waals surface area contributed by atoms with Crippen molar-refractivity contribution in [3.63, 3.8) is 0 Å². The van der Waals surface area contributed by atoms with Crippen LogP contribution in [0.15, 0.2) is 42.5 Å². The topological polar surface area (TPSA) is 94.3 Å². The number of hydrogen-bond donors (Lipinski definition) is 3. The van der Waals surface area contributed by atoms with Crippen LogP contribution in [0, 0.1) is 0 Å². The molecular weight excluding hydrogens is 485 g/mol. The highest BCUT2D eigenvalue weighted by Crippen LogP contribution is 2.38. The predicted molar refractivity (Wildman–Crippen MR) is 136 cm³/mol. The Morgan fingerprint density at radius 1 is 1.05 bits per heavy atom. The van der Waals surface area contributed by atoms with Gasteiger partial charge in [-0.3, -0.25) is 14.4 Å². The minimum Gasteiger partial charge on any atom is -0.352 e. The van der Waals surface area contributed by atoms with Crippen molar-refractivity contribution < 1.29 is 27.6 Å². The number of nitrogens with one attached hydrogen (secondary N) is 3. The molecule has 0 radical (unpaired) electrons. The second-order valence-electron chi connectivity index (χ2n) is 9.53. The number of carbonyl (C=O) groups is 3. The van der Waals surface area contributed by atoms with Crippen LogP contribution in [0.5, 0.6) is 0 Å². The third kappa shape index (κ3) is 5.33. The number of anilines is 2. The average Bonchev–Trinajstić information content (AvgIpc) is 3.21. The van der Waals surface area contributed by atoms with Gasteiger partial charge in [-0.1, -0.05) is 19.3 Å². The summed E-state index contributed by atoms with van der Waals surface area (Å²) in [6.45, 7) is 4.18. The highest BCUT2D eigenvalue weighted by molar-refractivity contribution is 6.16. The predicted octanol–water partition coefficient (Wildman–Crippen LogP) is 5.87. The first kappa shape index (κ1) is 26.2. The number of benzene rings is 2. The van der Waals surface area contributed by atoms with Crippen LogP contribution in [-0.2, 0) is 11.0 Å². The second-order valence-corrected chi connectivity index (χ2v) is 9.53. The molecule has 0 saturated heterocycles. The van der Waals surface area contributed by atoms with Gasteiger partial charge in [-0.25, -0.2) is 0 Å². The molecule has 1 aliphatic carbocycles. The highest BCUT2D eigenvalue weighted by atomic mass is 19.4. The number of alkyl halides is 3. The quantitative estimate of drug-likeness (QED) is 0.344. The van der Waals surface area contributed by atoms with E-state index in [4.69, 9.17) is 0 Å². The van der Waals surface area contributed by atoms with Crippen molar-refractivity contribution in [3.8, 4) is 0 Å². The standard InChI is InChI=1S/C27H29F3N4O3/c1-3-31-25(37)22-20-12-11-19(34(16-35)26(2)13-5-4-6-14-26)15-21(20)32-23(22)33-24(36)17-7-9-18(10-8-17)27(28,29)30/h7-12,15-16,32H,3-6,13-14H2,1-2H3,(H,31,37)(H,33,36). The fourth-order valence-electron chi connectivity index (χ4n) is 4.96. The summed E-state index contributed by atoms with van der Waals surface area (Å²) in [7, 11) is 0. The van der Waals surface area contributed by atoms with E-state index in [0.717, 1.165) is 62.8 Å². The number of aromatic amines is 1. The molecule has 1 heterocycles. The Balaban J connectivity index is 1.70. The summed E-state index contributed by atoms with van der Waals surface area (Å²) in [4.78, 5) is 42.7. The molecule has 10 heteroatoms. The molecule has 0 unspecified atom stereocenters. The number of carbonyl (C=O) groups excluding carboxylic acids is 3. The molecule has 3 amide bonds. The van der Waals surface area contributed by atoms with Gasteiger partial charge in [0.15, 0.2) is 0 Å². The van der Waals surface area contributed by atoms with Gasteiger partial charge < -0.3 is 20.5 Å². The van der Waals surface area contributed by atoms with Crippen LogP contribution in [0.25, 0.3) is 10.9 Å². The molecule has 0 spiro atoms. The van der Waals surface area contributed by atoms with Crippen LogP contribution in [-0.4, -0.2) is 35.3 Å². The van der Waals surface area contributed by atoms with Gasteiger partial charge in [0.25, 0.3) is 11.8 Å². The van der Waals surface area contributed by atoms with E-state index in [1.807, 2.05) is 0 Å². The second kappa shape index (κ2) is 10.3. The van der Waals surface area contributed by atoms with E-state index in [9.17, 15) is 27.6 Å². The molecule has 0 aliphatic heterocycles. The maximum atomic E-state index is 12.9. The van der Waals surface area contributed by atoms with Crippen molar-refractivity contribution in [3.05, 3.63) is 59.2 Å². The molecular formula is C27H29F3N4O3. The molecule has 3 N–H and O–H groups in total. The Labute approximate surface area is 212 Å². The molecule has 1 fully saturated rings. The van der Waals surface area contributed by atoms with Crippen LogP contribution in [0.2, 0.25) is 0 Å². The summed E-state index contributed by atoms with van der Waals surface area (Å²) in [5.74, 6) is -0.976. The molecule has 1 aliphatic rings. The Morgan fingerprint density at radius 3 is 2.32 bits per heavy atom. The molecule has 4 rings (SSSR count). The smallest absolute Gasteiger partial charge is 0.352 e. The summed E-state index contributed by atoms with van der Waals surface area (Å²) in [5.41, 5.74) is 0.222. The summed E-state index contributed by atoms with van der Waals surface area (Å²) < 4.78 is 38.6. The number of nitrogens with zero attached hydrogens (tertiary/aromatic N) is 1. The van der Waals surface area contributed by atoms with Crippen LogP contribution < -0.4 is 15.5 Å². The zero-order chi connectivity index (χ0) is 26.8. The summed E-state index contributed by atoms with van der Waals surface area (Å²) in [6, 6.07) is 9.08. The number of hydrogen-bond acceptors (Lipinski definition) is 3. The van der Waals surface area contributed by atoms with Crippen molar-refractivity contribution in [1.29, 1.82) is 0 Å². The van der Waals surface area contributed by atoms with E-state index >= 15 is 0 Å². The van der Waals surface area contributed by atoms with Gasteiger partial charge in [0, 0.05) is 34.2 Å². The van der Waals surface area contributed by atoms with Gasteiger partial charge in [-0.15, -0.1) is 0 Å². The van der Waals surface area contributed by atoms with Crippen molar-refractivity contribution in [2.24, 2.45) is 0 Å². The lowest BCUT2D eigenvalue weighted by atomic mass is 9.82. The van der Waals surface area contributed by atoms with E-state index in [2.05, 4.69) is 22.5 Å². The Hall–Kier alpha value is -3.82. The first-order chi connectivity index (χ1) is 17.6. The maximum Gasteiger partial charge on any atom is 0.416 e. The fourth-order valence-corrected chi connectivity index (χ4v) is 4.96. The average molecular weight is 515 g/mol. The normalized spacial score (nSPS) is 15.3. The molecule has 7 nitrogen and oxygen atoms in total. The minimum atomic E-state index is -4.51. The largest absolute Gasteiger partial charge is 0.416 e. The first-order valence-corrected chi connectivity index (χ1v) is 12.2. The summed E-state index contributed by atoms with van der Waals surface area (Å²) in [5, 5.41) is 5.89. The van der Waals surface area contributed by atoms with Gasteiger partial charge in [-0.2, -0.15) is 13.2 Å². The van der Waals surface area contributed by atoms with Gasteiger partial charge in [-0.05, 0) is 69.2 Å². The molecule has 0 atom stereocenters. The van der Waals surface area contributed by atoms with Crippen molar-refractivity contribution in [2.45, 2.75) is 57.7 Å². The van der Waals surface area contributed by atoms with E-state index < -0.39 is 23.6 Å². The minimum absolute atomic E-state index is 0.00606. The molecule has 0 bridgehead atoms. The van der Waals surface area contributed by atoms with Crippen molar-refractivity contribution >= 4 is 40.6 Å². The molecule has 2 aromatic carbocycles. The van der Waals surface area contributed by atoms with E-state index in [-0.39, 0.29) is 22.5 Å². The van der Waals surface area contributed by atoms with Crippen LogP contribution in [0.3, 0.4) is 0 Å². The SMILES string of the molecule is CCNC(=O)c1c(NC(=O)c2ccc(C(F)(F)F)cc2)[nH]c2cc(N(C=O)C3(C)CCCCC3)ccc12. The monoisotopic (exact) mass is 514 g/mol.